The SMILES string of the molecule is CCCCCCCCCCCCCCCCOCCOCCOCCOCCOCCOS(=O)(=O)c1ccc(C)cc1. The molecular weight excluding hydrogens is 556 g/mol. The van der Waals surface area contributed by atoms with Crippen LogP contribution in [0.3, 0.4) is 0 Å². The zero-order chi connectivity index (χ0) is 30.4. The van der Waals surface area contributed by atoms with Gasteiger partial charge in [0.1, 0.15) is 0 Å². The predicted octanol–water partition coefficient (Wildman–Crippen LogP) is 7.26. The third-order valence-corrected chi connectivity index (χ3v) is 8.23. The highest BCUT2D eigenvalue weighted by molar-refractivity contribution is 7.86. The van der Waals surface area contributed by atoms with E-state index in [1.165, 1.54) is 95.6 Å². The van der Waals surface area contributed by atoms with Crippen LogP contribution in [0.1, 0.15) is 102 Å². The molecule has 0 atom stereocenters. The summed E-state index contributed by atoms with van der Waals surface area (Å²) in [7, 11) is -3.75. The molecule has 0 N–H and O–H groups in total. The first-order chi connectivity index (χ1) is 20.6. The van der Waals surface area contributed by atoms with Gasteiger partial charge in [0.15, 0.2) is 0 Å². The van der Waals surface area contributed by atoms with Gasteiger partial charge in [-0.15, -0.1) is 0 Å². The summed E-state index contributed by atoms with van der Waals surface area (Å²) in [5.74, 6) is 0. The Bertz CT molecular complexity index is 801. The lowest BCUT2D eigenvalue weighted by atomic mass is 10.0. The Labute approximate surface area is 257 Å². The largest absolute Gasteiger partial charge is 0.379 e. The molecule has 0 amide bonds. The second-order valence-corrected chi connectivity index (χ2v) is 12.4. The van der Waals surface area contributed by atoms with Gasteiger partial charge in [-0.3, -0.25) is 4.18 Å². The van der Waals surface area contributed by atoms with Gasteiger partial charge in [0.25, 0.3) is 10.1 Å². The van der Waals surface area contributed by atoms with Gasteiger partial charge < -0.3 is 23.7 Å². The van der Waals surface area contributed by atoms with E-state index in [9.17, 15) is 8.42 Å². The van der Waals surface area contributed by atoms with Crippen molar-refractivity contribution < 1.29 is 36.3 Å². The van der Waals surface area contributed by atoms with Crippen LogP contribution in [0.5, 0.6) is 0 Å². The van der Waals surface area contributed by atoms with Crippen LogP contribution in [0, 0.1) is 6.92 Å². The van der Waals surface area contributed by atoms with Gasteiger partial charge in [0, 0.05) is 6.61 Å². The van der Waals surface area contributed by atoms with E-state index >= 15 is 0 Å². The maximum atomic E-state index is 12.1. The normalized spacial score (nSPS) is 11.9. The first kappa shape index (κ1) is 39.0. The van der Waals surface area contributed by atoms with Crippen molar-refractivity contribution in [2.45, 2.75) is 109 Å². The van der Waals surface area contributed by atoms with Crippen LogP contribution in [0.2, 0.25) is 0 Å². The van der Waals surface area contributed by atoms with Gasteiger partial charge in [0.2, 0.25) is 0 Å². The molecule has 0 saturated heterocycles. The van der Waals surface area contributed by atoms with E-state index in [-0.39, 0.29) is 18.1 Å². The van der Waals surface area contributed by atoms with E-state index in [0.717, 1.165) is 18.6 Å². The fourth-order valence-corrected chi connectivity index (χ4v) is 5.25. The van der Waals surface area contributed by atoms with Crippen LogP contribution in [-0.4, -0.2) is 81.1 Å². The van der Waals surface area contributed by atoms with Crippen LogP contribution in [0.4, 0.5) is 0 Å². The molecule has 0 aliphatic heterocycles. The van der Waals surface area contributed by atoms with Crippen molar-refractivity contribution in [1.29, 1.82) is 0 Å². The Balaban J connectivity index is 1.70. The zero-order valence-electron chi connectivity index (χ0n) is 26.7. The molecule has 0 aliphatic carbocycles. The quantitative estimate of drug-likeness (QED) is 0.0617. The summed E-state index contributed by atoms with van der Waals surface area (Å²) in [4.78, 5) is 0.144. The number of hydrogen-bond acceptors (Lipinski definition) is 8. The number of unbranched alkanes of at least 4 members (excludes halogenated alkanes) is 13. The minimum Gasteiger partial charge on any atom is -0.379 e. The summed E-state index contributed by atoms with van der Waals surface area (Å²) >= 11 is 0. The summed E-state index contributed by atoms with van der Waals surface area (Å²) in [6, 6.07) is 6.53. The lowest BCUT2D eigenvalue weighted by Crippen LogP contribution is -2.15. The van der Waals surface area contributed by atoms with Gasteiger partial charge in [-0.05, 0) is 25.5 Å². The lowest BCUT2D eigenvalue weighted by molar-refractivity contribution is -0.0127. The molecule has 246 valence electrons. The maximum Gasteiger partial charge on any atom is 0.297 e. The minimum atomic E-state index is -3.75. The Morgan fingerprint density at radius 1 is 0.452 bits per heavy atom. The van der Waals surface area contributed by atoms with E-state index < -0.39 is 10.1 Å². The summed E-state index contributed by atoms with van der Waals surface area (Å²) in [6.07, 6.45) is 19.1. The Morgan fingerprint density at radius 2 is 0.786 bits per heavy atom. The predicted molar refractivity (Wildman–Crippen MR) is 169 cm³/mol. The number of hydrogen-bond donors (Lipinski definition) is 0. The molecule has 0 saturated carbocycles. The van der Waals surface area contributed by atoms with Gasteiger partial charge in [-0.25, -0.2) is 0 Å². The Kier molecular flexibility index (Phi) is 26.6. The average Bonchev–Trinajstić information content (AvgIpc) is 2.98. The molecule has 0 fully saturated rings. The van der Waals surface area contributed by atoms with Crippen molar-refractivity contribution in [3.63, 3.8) is 0 Å². The van der Waals surface area contributed by atoms with Gasteiger partial charge in [-0.2, -0.15) is 8.42 Å². The number of rotatable bonds is 32. The molecule has 0 aromatic heterocycles. The first-order valence-corrected chi connectivity index (χ1v) is 17.8. The molecule has 0 bridgehead atoms. The fourth-order valence-electron chi connectivity index (χ4n) is 4.36. The molecular formula is C33H60O8S. The van der Waals surface area contributed by atoms with E-state index in [1.807, 2.05) is 6.92 Å². The van der Waals surface area contributed by atoms with Gasteiger partial charge >= 0.3 is 0 Å². The highest BCUT2D eigenvalue weighted by atomic mass is 32.2. The second kappa shape index (κ2) is 28.7. The van der Waals surface area contributed by atoms with Gasteiger partial charge in [0.05, 0.1) is 71.0 Å². The smallest absolute Gasteiger partial charge is 0.297 e. The monoisotopic (exact) mass is 616 g/mol. The Morgan fingerprint density at radius 3 is 1.19 bits per heavy atom. The Hall–Kier alpha value is -1.07. The summed E-state index contributed by atoms with van der Waals surface area (Å²) in [6.45, 7) is 9.11. The minimum absolute atomic E-state index is 0.0379. The van der Waals surface area contributed by atoms with Crippen molar-refractivity contribution in [3.8, 4) is 0 Å². The number of aryl methyl sites for hydroxylation is 1. The van der Waals surface area contributed by atoms with Crippen LogP contribution >= 0.6 is 0 Å². The van der Waals surface area contributed by atoms with Gasteiger partial charge in [-0.1, -0.05) is 108 Å². The van der Waals surface area contributed by atoms with E-state index in [2.05, 4.69) is 6.92 Å². The molecule has 0 unspecified atom stereocenters. The number of benzene rings is 1. The molecule has 1 aromatic carbocycles. The molecule has 0 spiro atoms. The van der Waals surface area contributed by atoms with Crippen LogP contribution < -0.4 is 0 Å². The number of ether oxygens (including phenoxy) is 5. The average molecular weight is 617 g/mol. The van der Waals surface area contributed by atoms with Crippen LogP contribution in [0.15, 0.2) is 29.2 Å². The molecule has 1 rings (SSSR count). The molecule has 0 heterocycles. The van der Waals surface area contributed by atoms with Crippen molar-refractivity contribution in [2.24, 2.45) is 0 Å². The highest BCUT2D eigenvalue weighted by Crippen LogP contribution is 2.14. The van der Waals surface area contributed by atoms with Crippen molar-refractivity contribution in [1.82, 2.24) is 0 Å². The fraction of sp³-hybridized carbons (Fsp3) is 0.818. The molecule has 42 heavy (non-hydrogen) atoms. The molecule has 9 heteroatoms. The third kappa shape index (κ3) is 24.4. The van der Waals surface area contributed by atoms with E-state index in [1.54, 1.807) is 12.1 Å². The van der Waals surface area contributed by atoms with Crippen LogP contribution in [0.25, 0.3) is 0 Å². The van der Waals surface area contributed by atoms with Crippen molar-refractivity contribution >= 4 is 10.1 Å². The second-order valence-electron chi connectivity index (χ2n) is 10.7. The molecule has 1 aromatic rings. The summed E-state index contributed by atoms with van der Waals surface area (Å²) in [5, 5.41) is 0. The maximum absolute atomic E-state index is 12.1. The lowest BCUT2D eigenvalue weighted by Gasteiger charge is -2.08. The molecule has 0 radical (unpaired) electrons. The van der Waals surface area contributed by atoms with Crippen LogP contribution in [-0.2, 0) is 38.0 Å². The molecule has 8 nitrogen and oxygen atoms in total. The highest BCUT2D eigenvalue weighted by Gasteiger charge is 2.14. The van der Waals surface area contributed by atoms with Crippen molar-refractivity contribution in [2.75, 3.05) is 72.7 Å². The third-order valence-electron chi connectivity index (χ3n) is 6.91. The summed E-state index contributed by atoms with van der Waals surface area (Å²) in [5.41, 5.74) is 0.988. The summed E-state index contributed by atoms with van der Waals surface area (Å²) < 4.78 is 56.6. The topological polar surface area (TPSA) is 89.5 Å². The standard InChI is InChI=1S/C33H60O8S/c1-3-4-5-6-7-8-9-10-11-12-13-14-15-16-21-36-22-23-37-24-25-38-26-27-39-28-29-40-30-31-41-42(34,35)33-19-17-32(2)18-20-33/h17-20H,3-16,21-31H2,1-2H3. The molecule has 0 aliphatic rings. The van der Waals surface area contributed by atoms with E-state index in [4.69, 9.17) is 27.9 Å². The van der Waals surface area contributed by atoms with E-state index in [0.29, 0.717) is 52.9 Å². The van der Waals surface area contributed by atoms with Crippen molar-refractivity contribution in [3.05, 3.63) is 29.8 Å². The zero-order valence-corrected chi connectivity index (χ0v) is 27.5. The first-order valence-electron chi connectivity index (χ1n) is 16.4.